The molecule has 0 aliphatic heterocycles. The quantitative estimate of drug-likeness (QED) is 0.103. The number of phenols is 1. The molecular formula is C34H41F6O6-. The topological polar surface area (TPSA) is 88.1 Å². The molecule has 6 nitrogen and oxygen atoms in total. The molecular weight excluding hydrogens is 618 g/mol. The highest BCUT2D eigenvalue weighted by molar-refractivity contribution is 5.89. The van der Waals surface area contributed by atoms with E-state index in [2.05, 4.69) is 16.4 Å². The van der Waals surface area contributed by atoms with Gasteiger partial charge in [-0.3, -0.25) is 0 Å². The van der Waals surface area contributed by atoms with E-state index in [1.165, 1.54) is 87.9 Å². The van der Waals surface area contributed by atoms with E-state index < -0.39 is 37.0 Å². The fourth-order valence-corrected chi connectivity index (χ4v) is 4.33. The van der Waals surface area contributed by atoms with E-state index in [1.807, 2.05) is 0 Å². The number of carboxylic acids is 1. The first-order chi connectivity index (χ1) is 21.8. The number of halogens is 6. The summed E-state index contributed by atoms with van der Waals surface area (Å²) >= 11 is 0. The number of benzene rings is 3. The number of ether oxygens (including phenoxy) is 3. The number of rotatable bonds is 19. The first-order valence-corrected chi connectivity index (χ1v) is 15.3. The van der Waals surface area contributed by atoms with Crippen LogP contribution < -0.4 is 14.6 Å². The van der Waals surface area contributed by atoms with Crippen molar-refractivity contribution in [1.29, 1.82) is 0 Å². The summed E-state index contributed by atoms with van der Waals surface area (Å²) in [6.07, 6.45) is 9.91. The molecule has 0 unspecified atom stereocenters. The summed E-state index contributed by atoms with van der Waals surface area (Å²) in [6.45, 7) is -0.0206. The summed E-state index contributed by atoms with van der Waals surface area (Å²) in [6, 6.07) is 14.7. The van der Waals surface area contributed by atoms with Crippen LogP contribution in [0.5, 0.6) is 17.2 Å². The molecule has 0 saturated carbocycles. The average Bonchev–Trinajstić information content (AvgIpc) is 3.02. The van der Waals surface area contributed by atoms with Gasteiger partial charge in [-0.1, -0.05) is 76.1 Å². The summed E-state index contributed by atoms with van der Waals surface area (Å²) in [5.74, 6) is -16.8. The van der Waals surface area contributed by atoms with Crippen molar-refractivity contribution in [2.45, 2.75) is 83.0 Å². The lowest BCUT2D eigenvalue weighted by atomic mass is 10.1. The highest BCUT2D eigenvalue weighted by Crippen LogP contribution is 2.46. The van der Waals surface area contributed by atoms with Crippen LogP contribution in [0.4, 0.5) is 26.3 Å². The van der Waals surface area contributed by atoms with Crippen LogP contribution in [0.1, 0.15) is 75.6 Å². The molecule has 3 aromatic carbocycles. The second-order valence-electron chi connectivity index (χ2n) is 10.7. The van der Waals surface area contributed by atoms with Gasteiger partial charge in [0.1, 0.15) is 23.9 Å². The Morgan fingerprint density at radius 3 is 1.98 bits per heavy atom. The van der Waals surface area contributed by atoms with Gasteiger partial charge in [0, 0.05) is 12.2 Å². The van der Waals surface area contributed by atoms with Crippen LogP contribution >= 0.6 is 0 Å². The maximum atomic E-state index is 13.7. The fourth-order valence-electron chi connectivity index (χ4n) is 4.33. The largest absolute Gasteiger partial charge is 0.545 e. The number of phenolic OH excluding ortho intramolecular Hbond substituents is 1. The van der Waals surface area contributed by atoms with Crippen molar-refractivity contribution in [1.82, 2.24) is 0 Å². The SMILES string of the molecule is CCCCCCCCCCOc1ccccc1C(=O)[O-].CCOCC(F)(F)C(F)(F)C(F)(F)COc1ccc2cc(O)ccc2c1. The fraction of sp³-hybridized carbons (Fsp3) is 0.500. The molecule has 0 aliphatic rings. The van der Waals surface area contributed by atoms with Crippen molar-refractivity contribution in [2.24, 2.45) is 0 Å². The van der Waals surface area contributed by atoms with Crippen LogP contribution in [0.2, 0.25) is 0 Å². The first-order valence-electron chi connectivity index (χ1n) is 15.3. The molecule has 0 aliphatic carbocycles. The summed E-state index contributed by atoms with van der Waals surface area (Å²) in [5.41, 5.74) is 0.132. The van der Waals surface area contributed by atoms with Gasteiger partial charge in [-0.15, -0.1) is 0 Å². The van der Waals surface area contributed by atoms with Crippen molar-refractivity contribution >= 4 is 16.7 Å². The number of carbonyl (C=O) groups excluding carboxylic acids is 1. The summed E-state index contributed by atoms with van der Waals surface area (Å²) < 4.78 is 95.9. The molecule has 3 aromatic rings. The van der Waals surface area contributed by atoms with Gasteiger partial charge in [-0.25, -0.2) is 0 Å². The lowest BCUT2D eigenvalue weighted by molar-refractivity contribution is -0.324. The zero-order valence-corrected chi connectivity index (χ0v) is 26.0. The molecule has 0 fully saturated rings. The molecule has 12 heteroatoms. The minimum absolute atomic E-state index is 0.0196. The Labute approximate surface area is 265 Å². The van der Waals surface area contributed by atoms with E-state index >= 15 is 0 Å². The monoisotopic (exact) mass is 659 g/mol. The number of carbonyl (C=O) groups is 1. The van der Waals surface area contributed by atoms with Gasteiger partial charge in [-0.2, -0.15) is 26.3 Å². The normalized spacial score (nSPS) is 12.0. The van der Waals surface area contributed by atoms with Crippen LogP contribution in [-0.4, -0.2) is 55.3 Å². The third-order valence-corrected chi connectivity index (χ3v) is 6.98. The van der Waals surface area contributed by atoms with Crippen molar-refractivity contribution in [2.75, 3.05) is 26.4 Å². The summed E-state index contributed by atoms with van der Waals surface area (Å²) in [7, 11) is 0. The number of fused-ring (bicyclic) bond motifs is 1. The van der Waals surface area contributed by atoms with Crippen LogP contribution in [-0.2, 0) is 4.74 Å². The zero-order chi connectivity index (χ0) is 34.2. The average molecular weight is 660 g/mol. The van der Waals surface area contributed by atoms with Crippen molar-refractivity contribution in [3.8, 4) is 17.2 Å². The number of hydrogen-bond acceptors (Lipinski definition) is 6. The van der Waals surface area contributed by atoms with Crippen LogP contribution in [0.3, 0.4) is 0 Å². The molecule has 0 aromatic heterocycles. The Hall–Kier alpha value is -3.67. The van der Waals surface area contributed by atoms with E-state index in [0.717, 1.165) is 12.8 Å². The molecule has 3 rings (SSSR count). The second-order valence-corrected chi connectivity index (χ2v) is 10.7. The smallest absolute Gasteiger partial charge is 0.377 e. The minimum Gasteiger partial charge on any atom is -0.545 e. The molecule has 0 atom stereocenters. The van der Waals surface area contributed by atoms with E-state index in [9.17, 15) is 41.4 Å². The van der Waals surface area contributed by atoms with Gasteiger partial charge in [0.05, 0.1) is 12.6 Å². The van der Waals surface area contributed by atoms with Crippen molar-refractivity contribution in [3.63, 3.8) is 0 Å². The molecule has 0 amide bonds. The van der Waals surface area contributed by atoms with Crippen LogP contribution in [0.15, 0.2) is 60.7 Å². The minimum atomic E-state index is -5.65. The lowest BCUT2D eigenvalue weighted by Gasteiger charge is -2.32. The Morgan fingerprint density at radius 1 is 0.739 bits per heavy atom. The van der Waals surface area contributed by atoms with Crippen LogP contribution in [0.25, 0.3) is 10.8 Å². The van der Waals surface area contributed by atoms with E-state index in [1.54, 1.807) is 18.2 Å². The molecule has 1 N–H and O–H groups in total. The first kappa shape index (κ1) is 38.5. The number of unbranched alkanes of at least 4 members (excludes halogenated alkanes) is 7. The van der Waals surface area contributed by atoms with E-state index in [0.29, 0.717) is 23.1 Å². The Kier molecular flexibility index (Phi) is 15.5. The molecule has 0 bridgehead atoms. The Morgan fingerprint density at radius 2 is 1.33 bits per heavy atom. The standard InChI is InChI=1S/C17H16F6O3.C17H26O3/c1-2-25-9-15(18,19)17(22,23)16(20,21)10-26-14-6-4-11-7-13(24)5-3-12(11)8-14;1-2-3-4-5-6-7-8-11-14-20-16-13-10-9-12-15(16)17(18)19/h3-8,24H,2,9-10H2,1H3;9-10,12-13H,2-8,11,14H2,1H3,(H,18,19)/p-1. The predicted octanol–water partition coefficient (Wildman–Crippen LogP) is 8.44. The van der Waals surface area contributed by atoms with Crippen molar-refractivity contribution < 1.29 is 55.6 Å². The highest BCUT2D eigenvalue weighted by atomic mass is 19.3. The lowest BCUT2D eigenvalue weighted by Crippen LogP contribution is -2.58. The predicted molar refractivity (Wildman–Crippen MR) is 161 cm³/mol. The number of para-hydroxylation sites is 1. The molecule has 0 heterocycles. The number of aromatic hydroxyl groups is 1. The zero-order valence-electron chi connectivity index (χ0n) is 26.0. The van der Waals surface area contributed by atoms with Gasteiger partial charge in [0.15, 0.2) is 6.61 Å². The molecule has 0 spiro atoms. The van der Waals surface area contributed by atoms with Gasteiger partial charge in [0.2, 0.25) is 0 Å². The van der Waals surface area contributed by atoms with Crippen LogP contribution in [0, 0.1) is 0 Å². The maximum absolute atomic E-state index is 13.7. The maximum Gasteiger partial charge on any atom is 0.377 e. The Balaban J connectivity index is 0.000000332. The number of carboxylic acid groups (broad SMARTS) is 1. The number of hydrogen-bond donors (Lipinski definition) is 1. The van der Waals surface area contributed by atoms with Crippen molar-refractivity contribution in [3.05, 3.63) is 66.2 Å². The van der Waals surface area contributed by atoms with Gasteiger partial charge in [0.25, 0.3) is 0 Å². The molecule has 0 saturated heterocycles. The molecule has 0 radical (unpaired) electrons. The Bertz CT molecular complexity index is 1350. The van der Waals surface area contributed by atoms with Gasteiger partial charge >= 0.3 is 17.8 Å². The van der Waals surface area contributed by atoms with Gasteiger partial charge in [-0.05, 0) is 60.5 Å². The second kappa shape index (κ2) is 18.5. The number of alkyl halides is 6. The third kappa shape index (κ3) is 11.6. The molecule has 46 heavy (non-hydrogen) atoms. The number of aromatic carboxylic acids is 1. The van der Waals surface area contributed by atoms with E-state index in [-0.39, 0.29) is 23.7 Å². The highest BCUT2D eigenvalue weighted by Gasteiger charge is 2.71. The third-order valence-electron chi connectivity index (χ3n) is 6.98. The van der Waals surface area contributed by atoms with E-state index in [4.69, 9.17) is 4.74 Å². The summed E-state index contributed by atoms with van der Waals surface area (Å²) in [5, 5.41) is 21.3. The van der Waals surface area contributed by atoms with Gasteiger partial charge < -0.3 is 29.2 Å². The summed E-state index contributed by atoms with van der Waals surface area (Å²) in [4.78, 5) is 10.9. The molecule has 256 valence electrons.